The van der Waals surface area contributed by atoms with Crippen molar-refractivity contribution in [3.63, 3.8) is 0 Å². The molecule has 0 radical (unpaired) electrons. The largest absolute Gasteiger partial charge is 0.545 e. The average molecular weight is 387 g/mol. The Bertz CT molecular complexity index is 909. The van der Waals surface area contributed by atoms with Crippen molar-refractivity contribution in [2.24, 2.45) is 5.10 Å². The molecule has 0 heterocycles. The van der Waals surface area contributed by atoms with E-state index in [4.69, 9.17) is 18.9 Å². The molecule has 148 valence electrons. The van der Waals surface area contributed by atoms with E-state index in [1.54, 1.807) is 6.07 Å². The maximum absolute atomic E-state index is 12.3. The van der Waals surface area contributed by atoms with Crippen LogP contribution in [0.3, 0.4) is 0 Å². The smallest absolute Gasteiger partial charge is 0.271 e. The molecule has 2 rings (SSSR count). The van der Waals surface area contributed by atoms with Gasteiger partial charge in [-0.25, -0.2) is 5.43 Å². The summed E-state index contributed by atoms with van der Waals surface area (Å²) in [7, 11) is 5.63. The number of carbonyl (C=O) groups excluding carboxylic acids is 2. The van der Waals surface area contributed by atoms with Crippen molar-refractivity contribution < 1.29 is 33.6 Å². The number of hydrogen-bond donors (Lipinski definition) is 1. The number of rotatable bonds is 8. The number of amides is 1. The molecule has 0 unspecified atom stereocenters. The highest BCUT2D eigenvalue weighted by molar-refractivity contribution is 6.01. The SMILES string of the molecule is COc1ccc(C(=O)N/N=C/c2ccc(OC)c(OC)c2C(=O)[O-])cc1OC. The zero-order valence-corrected chi connectivity index (χ0v) is 15.8. The maximum Gasteiger partial charge on any atom is 0.271 e. The number of nitrogens with one attached hydrogen (secondary N) is 1. The van der Waals surface area contributed by atoms with Gasteiger partial charge in [-0.15, -0.1) is 0 Å². The zero-order chi connectivity index (χ0) is 20.7. The summed E-state index contributed by atoms with van der Waals surface area (Å²) in [5.41, 5.74) is 2.52. The molecule has 0 saturated carbocycles. The van der Waals surface area contributed by atoms with Crippen molar-refractivity contribution in [2.45, 2.75) is 0 Å². The summed E-state index contributed by atoms with van der Waals surface area (Å²) in [4.78, 5) is 23.7. The normalized spacial score (nSPS) is 10.4. The highest BCUT2D eigenvalue weighted by Crippen LogP contribution is 2.32. The van der Waals surface area contributed by atoms with Gasteiger partial charge in [-0.05, 0) is 30.3 Å². The minimum Gasteiger partial charge on any atom is -0.545 e. The van der Waals surface area contributed by atoms with Gasteiger partial charge >= 0.3 is 0 Å². The molecule has 0 saturated heterocycles. The number of methoxy groups -OCH3 is 4. The zero-order valence-electron chi connectivity index (χ0n) is 15.8. The lowest BCUT2D eigenvalue weighted by molar-refractivity contribution is -0.255. The van der Waals surface area contributed by atoms with Gasteiger partial charge < -0.3 is 28.8 Å². The van der Waals surface area contributed by atoms with Gasteiger partial charge in [0.1, 0.15) is 0 Å². The Morgan fingerprint density at radius 2 is 1.57 bits per heavy atom. The van der Waals surface area contributed by atoms with Crippen LogP contribution in [-0.4, -0.2) is 46.5 Å². The molecule has 2 aromatic carbocycles. The van der Waals surface area contributed by atoms with Gasteiger partial charge in [0.25, 0.3) is 5.91 Å². The minimum absolute atomic E-state index is 0.00216. The van der Waals surface area contributed by atoms with Crippen LogP contribution in [0.25, 0.3) is 0 Å². The molecular formula is C19H19N2O7-. The molecule has 2 aromatic rings. The summed E-state index contributed by atoms with van der Waals surface area (Å²) in [6, 6.07) is 7.59. The Balaban J connectivity index is 2.25. The summed E-state index contributed by atoms with van der Waals surface area (Å²) >= 11 is 0. The molecule has 0 bridgehead atoms. The first-order chi connectivity index (χ1) is 13.5. The molecule has 0 aliphatic carbocycles. The number of hydrazone groups is 1. The predicted octanol–water partition coefficient (Wildman–Crippen LogP) is 0.848. The van der Waals surface area contributed by atoms with Crippen molar-refractivity contribution in [2.75, 3.05) is 28.4 Å². The van der Waals surface area contributed by atoms with E-state index in [0.29, 0.717) is 11.5 Å². The van der Waals surface area contributed by atoms with Crippen molar-refractivity contribution in [1.82, 2.24) is 5.43 Å². The summed E-state index contributed by atoms with van der Waals surface area (Å²) in [6.07, 6.45) is 1.17. The molecule has 9 nitrogen and oxygen atoms in total. The predicted molar refractivity (Wildman–Crippen MR) is 98.5 cm³/mol. The van der Waals surface area contributed by atoms with Gasteiger partial charge in [-0.3, -0.25) is 4.79 Å². The van der Waals surface area contributed by atoms with E-state index in [1.165, 1.54) is 58.9 Å². The van der Waals surface area contributed by atoms with Crippen molar-refractivity contribution in [3.8, 4) is 23.0 Å². The quantitative estimate of drug-likeness (QED) is 0.527. The first kappa shape index (κ1) is 20.6. The summed E-state index contributed by atoms with van der Waals surface area (Å²) in [5.74, 6) is -0.897. The number of benzene rings is 2. The van der Waals surface area contributed by atoms with Gasteiger partial charge in [0.2, 0.25) is 0 Å². The number of aromatic carboxylic acids is 1. The van der Waals surface area contributed by atoms with Crippen LogP contribution >= 0.6 is 0 Å². The monoisotopic (exact) mass is 387 g/mol. The molecule has 0 fully saturated rings. The van der Waals surface area contributed by atoms with E-state index < -0.39 is 11.9 Å². The highest BCUT2D eigenvalue weighted by atomic mass is 16.5. The van der Waals surface area contributed by atoms with E-state index in [-0.39, 0.29) is 28.2 Å². The number of ether oxygens (including phenoxy) is 4. The Kier molecular flexibility index (Phi) is 6.80. The van der Waals surface area contributed by atoms with E-state index in [1.807, 2.05) is 0 Å². The van der Waals surface area contributed by atoms with Crippen molar-refractivity contribution in [3.05, 3.63) is 47.0 Å². The molecule has 0 aromatic heterocycles. The second kappa shape index (κ2) is 9.26. The lowest BCUT2D eigenvalue weighted by Crippen LogP contribution is -2.25. The first-order valence-corrected chi connectivity index (χ1v) is 7.98. The van der Waals surface area contributed by atoms with Crippen LogP contribution in [0.2, 0.25) is 0 Å². The molecule has 1 N–H and O–H groups in total. The molecular weight excluding hydrogens is 368 g/mol. The summed E-state index contributed by atoms with van der Waals surface area (Å²) < 4.78 is 20.4. The molecule has 0 aliphatic rings. The number of carboxylic acid groups (broad SMARTS) is 1. The van der Waals surface area contributed by atoms with Crippen LogP contribution in [-0.2, 0) is 0 Å². The van der Waals surface area contributed by atoms with Crippen LogP contribution in [0.15, 0.2) is 35.4 Å². The van der Waals surface area contributed by atoms with Gasteiger partial charge in [0.05, 0.1) is 46.2 Å². The van der Waals surface area contributed by atoms with E-state index >= 15 is 0 Å². The van der Waals surface area contributed by atoms with E-state index in [0.717, 1.165) is 0 Å². The lowest BCUT2D eigenvalue weighted by Gasteiger charge is -2.15. The third-order valence-corrected chi connectivity index (χ3v) is 3.80. The standard InChI is InChI=1S/C19H20N2O7/c1-25-13-7-5-11(9-15(13)27-3)18(22)21-20-10-12-6-8-14(26-2)17(28-4)16(12)19(23)24/h5-10H,1-4H3,(H,21,22)(H,23,24)/p-1/b20-10+. The highest BCUT2D eigenvalue weighted by Gasteiger charge is 2.15. The second-order valence-corrected chi connectivity index (χ2v) is 5.32. The van der Waals surface area contributed by atoms with Crippen LogP contribution < -0.4 is 29.5 Å². The molecule has 9 heteroatoms. The van der Waals surface area contributed by atoms with Crippen LogP contribution in [0.1, 0.15) is 26.3 Å². The third kappa shape index (κ3) is 4.32. The minimum atomic E-state index is -1.47. The Hall–Kier alpha value is -3.75. The first-order valence-electron chi connectivity index (χ1n) is 7.98. The molecule has 1 amide bonds. The number of hydrogen-bond acceptors (Lipinski definition) is 8. The molecule has 28 heavy (non-hydrogen) atoms. The number of carboxylic acids is 1. The molecule has 0 aliphatic heterocycles. The Morgan fingerprint density at radius 3 is 2.14 bits per heavy atom. The van der Waals surface area contributed by atoms with Gasteiger partial charge in [-0.2, -0.15) is 5.10 Å². The van der Waals surface area contributed by atoms with Crippen LogP contribution in [0.5, 0.6) is 23.0 Å². The number of carbonyl (C=O) groups is 2. The van der Waals surface area contributed by atoms with Gasteiger partial charge in [0, 0.05) is 11.1 Å². The Morgan fingerprint density at radius 1 is 0.929 bits per heavy atom. The fourth-order valence-electron chi connectivity index (χ4n) is 2.46. The molecule has 0 spiro atoms. The maximum atomic E-state index is 12.3. The van der Waals surface area contributed by atoms with Crippen molar-refractivity contribution in [1.29, 1.82) is 0 Å². The fourth-order valence-corrected chi connectivity index (χ4v) is 2.46. The number of nitrogens with zero attached hydrogens (tertiary/aromatic N) is 1. The lowest BCUT2D eigenvalue weighted by atomic mass is 10.1. The van der Waals surface area contributed by atoms with Crippen molar-refractivity contribution >= 4 is 18.1 Å². The van der Waals surface area contributed by atoms with E-state index in [2.05, 4.69) is 10.5 Å². The summed E-state index contributed by atoms with van der Waals surface area (Å²) in [5, 5.41) is 15.3. The fraction of sp³-hybridized carbons (Fsp3) is 0.211. The van der Waals surface area contributed by atoms with E-state index in [9.17, 15) is 14.7 Å². The van der Waals surface area contributed by atoms with Crippen LogP contribution in [0, 0.1) is 0 Å². The summed E-state index contributed by atoms with van der Waals surface area (Å²) in [6.45, 7) is 0. The van der Waals surface area contributed by atoms with Gasteiger partial charge in [-0.1, -0.05) is 0 Å². The third-order valence-electron chi connectivity index (χ3n) is 3.80. The van der Waals surface area contributed by atoms with Gasteiger partial charge in [0.15, 0.2) is 23.0 Å². The Labute approximate surface area is 161 Å². The topological polar surface area (TPSA) is 119 Å². The molecule has 0 atom stereocenters. The second-order valence-electron chi connectivity index (χ2n) is 5.32. The van der Waals surface area contributed by atoms with Crippen LogP contribution in [0.4, 0.5) is 0 Å². The average Bonchev–Trinajstić information content (AvgIpc) is 2.72.